The number of carbonyl (C=O) groups is 1. The van der Waals surface area contributed by atoms with Crippen molar-refractivity contribution >= 4 is 5.91 Å². The average Bonchev–Trinajstić information content (AvgIpc) is 3.22. The van der Waals surface area contributed by atoms with E-state index >= 15 is 0 Å². The first-order valence-corrected chi connectivity index (χ1v) is 24.2. The van der Waals surface area contributed by atoms with E-state index in [2.05, 4.69) is 79.9 Å². The van der Waals surface area contributed by atoms with Crippen molar-refractivity contribution in [2.45, 2.75) is 250 Å². The lowest BCUT2D eigenvalue weighted by molar-refractivity contribution is -0.132. The molecule has 5 N–H and O–H groups in total. The molecule has 4 unspecified atom stereocenters. The molecule has 0 fully saturated rings. The van der Waals surface area contributed by atoms with Gasteiger partial charge in [-0.25, -0.2) is 0 Å². The van der Waals surface area contributed by atoms with Crippen molar-refractivity contribution in [1.82, 2.24) is 5.32 Å². The molecule has 0 bridgehead atoms. The summed E-state index contributed by atoms with van der Waals surface area (Å²) < 4.78 is 0. The predicted molar refractivity (Wildman–Crippen MR) is 246 cm³/mol. The number of allylic oxidation sites excluding steroid dienone is 10. The van der Waals surface area contributed by atoms with Crippen LogP contribution in [0.15, 0.2) is 60.8 Å². The summed E-state index contributed by atoms with van der Waals surface area (Å²) in [6, 6.07) is -1.02. The van der Waals surface area contributed by atoms with E-state index in [-0.39, 0.29) is 0 Å². The maximum absolute atomic E-state index is 12.5. The number of rotatable bonds is 43. The Kier molecular flexibility index (Phi) is 43.5. The van der Waals surface area contributed by atoms with Gasteiger partial charge in [-0.15, -0.1) is 0 Å². The SMILES string of the molecule is CCCCC/C=C\C/C=C\CCCCCCCCC(O)C(=O)NC(CO)C(O)C(O)CCC/C=C/CC/C=C/CC/C=C/CCCCCCCCCCCCCC. The molecule has 0 aromatic heterocycles. The first kappa shape index (κ1) is 55.0. The van der Waals surface area contributed by atoms with Gasteiger partial charge < -0.3 is 25.7 Å². The van der Waals surface area contributed by atoms with Gasteiger partial charge >= 0.3 is 0 Å². The molecule has 0 aliphatic heterocycles. The third kappa shape index (κ3) is 39.3. The van der Waals surface area contributed by atoms with Gasteiger partial charge in [0.25, 0.3) is 0 Å². The second kappa shape index (κ2) is 45.1. The minimum Gasteiger partial charge on any atom is -0.394 e. The van der Waals surface area contributed by atoms with Gasteiger partial charge in [0, 0.05) is 0 Å². The van der Waals surface area contributed by atoms with E-state index in [1.54, 1.807) is 0 Å². The van der Waals surface area contributed by atoms with Crippen molar-refractivity contribution in [3.8, 4) is 0 Å². The number of aliphatic hydroxyl groups excluding tert-OH is 4. The summed E-state index contributed by atoms with van der Waals surface area (Å²) in [5, 5.41) is 43.7. The molecular weight excluding hydrogens is 707 g/mol. The van der Waals surface area contributed by atoms with E-state index in [0.717, 1.165) is 70.6 Å². The zero-order chi connectivity index (χ0) is 41.7. The molecule has 1 amide bonds. The number of amides is 1. The van der Waals surface area contributed by atoms with Crippen LogP contribution in [0.1, 0.15) is 226 Å². The number of nitrogens with one attached hydrogen (secondary N) is 1. The second-order valence-corrected chi connectivity index (χ2v) is 16.4. The fourth-order valence-corrected chi connectivity index (χ4v) is 7.05. The van der Waals surface area contributed by atoms with E-state index in [1.165, 1.54) is 122 Å². The number of hydrogen-bond acceptors (Lipinski definition) is 5. The van der Waals surface area contributed by atoms with Gasteiger partial charge in [0.15, 0.2) is 0 Å². The van der Waals surface area contributed by atoms with Crippen LogP contribution in [0.4, 0.5) is 0 Å². The van der Waals surface area contributed by atoms with Gasteiger partial charge in [-0.2, -0.15) is 0 Å². The molecule has 0 aromatic rings. The summed E-state index contributed by atoms with van der Waals surface area (Å²) >= 11 is 0. The normalized spacial score (nSPS) is 14.6. The van der Waals surface area contributed by atoms with Crippen molar-refractivity contribution < 1.29 is 25.2 Å². The Labute approximate surface area is 352 Å². The maximum Gasteiger partial charge on any atom is 0.249 e. The summed E-state index contributed by atoms with van der Waals surface area (Å²) in [6.07, 6.45) is 56.9. The molecule has 0 saturated heterocycles. The Hall–Kier alpha value is -1.99. The molecule has 0 spiro atoms. The number of carbonyl (C=O) groups excluding carboxylic acids is 1. The first-order chi connectivity index (χ1) is 28.0. The van der Waals surface area contributed by atoms with Gasteiger partial charge in [0.1, 0.15) is 12.2 Å². The van der Waals surface area contributed by atoms with Crippen molar-refractivity contribution in [2.75, 3.05) is 6.61 Å². The molecule has 6 nitrogen and oxygen atoms in total. The Balaban J connectivity index is 3.81. The highest BCUT2D eigenvalue weighted by atomic mass is 16.3. The molecule has 0 aliphatic rings. The summed E-state index contributed by atoms with van der Waals surface area (Å²) in [4.78, 5) is 12.5. The minimum atomic E-state index is -1.30. The molecule has 57 heavy (non-hydrogen) atoms. The van der Waals surface area contributed by atoms with Crippen LogP contribution >= 0.6 is 0 Å². The van der Waals surface area contributed by atoms with Gasteiger partial charge in [0.05, 0.1) is 18.8 Å². The van der Waals surface area contributed by atoms with E-state index in [0.29, 0.717) is 19.3 Å². The highest BCUT2D eigenvalue weighted by Gasteiger charge is 2.28. The zero-order valence-corrected chi connectivity index (χ0v) is 37.3. The Bertz CT molecular complexity index is 988. The monoisotopic (exact) mass is 800 g/mol. The van der Waals surface area contributed by atoms with Gasteiger partial charge in [0.2, 0.25) is 5.91 Å². The van der Waals surface area contributed by atoms with Crippen LogP contribution < -0.4 is 5.32 Å². The smallest absolute Gasteiger partial charge is 0.249 e. The third-order valence-corrected chi connectivity index (χ3v) is 10.9. The van der Waals surface area contributed by atoms with Crippen LogP contribution in [0.25, 0.3) is 0 Å². The highest BCUT2D eigenvalue weighted by molar-refractivity contribution is 5.80. The summed E-state index contributed by atoms with van der Waals surface area (Å²) in [5.74, 6) is -0.610. The van der Waals surface area contributed by atoms with Crippen molar-refractivity contribution in [3.63, 3.8) is 0 Å². The number of hydrogen-bond donors (Lipinski definition) is 5. The Morgan fingerprint density at radius 1 is 0.439 bits per heavy atom. The molecule has 6 heteroatoms. The van der Waals surface area contributed by atoms with Gasteiger partial charge in [-0.05, 0) is 96.3 Å². The second-order valence-electron chi connectivity index (χ2n) is 16.4. The topological polar surface area (TPSA) is 110 Å². The van der Waals surface area contributed by atoms with E-state index in [4.69, 9.17) is 0 Å². The van der Waals surface area contributed by atoms with Crippen molar-refractivity contribution in [1.29, 1.82) is 0 Å². The van der Waals surface area contributed by atoms with Gasteiger partial charge in [-0.1, -0.05) is 190 Å². The number of unbranched alkanes of at least 4 members (excludes halogenated alkanes) is 24. The predicted octanol–water partition coefficient (Wildman–Crippen LogP) is 13.2. The average molecular weight is 800 g/mol. The van der Waals surface area contributed by atoms with E-state index in [1.807, 2.05) is 0 Å². The molecule has 0 saturated carbocycles. The molecule has 4 atom stereocenters. The number of aliphatic hydroxyl groups is 4. The first-order valence-electron chi connectivity index (χ1n) is 24.2. The van der Waals surface area contributed by atoms with Crippen LogP contribution in [-0.2, 0) is 4.79 Å². The molecule has 0 rings (SSSR count). The summed E-state index contributed by atoms with van der Waals surface area (Å²) in [7, 11) is 0. The highest BCUT2D eigenvalue weighted by Crippen LogP contribution is 2.15. The van der Waals surface area contributed by atoms with Crippen LogP contribution in [0.5, 0.6) is 0 Å². The summed E-state index contributed by atoms with van der Waals surface area (Å²) in [5.41, 5.74) is 0. The molecule has 0 radical (unpaired) electrons. The Morgan fingerprint density at radius 3 is 1.25 bits per heavy atom. The molecule has 0 aromatic carbocycles. The van der Waals surface area contributed by atoms with Crippen LogP contribution in [0, 0.1) is 0 Å². The largest absolute Gasteiger partial charge is 0.394 e. The quantitative estimate of drug-likeness (QED) is 0.0312. The van der Waals surface area contributed by atoms with E-state index in [9.17, 15) is 25.2 Å². The lowest BCUT2D eigenvalue weighted by Crippen LogP contribution is -2.53. The van der Waals surface area contributed by atoms with Crippen molar-refractivity contribution in [3.05, 3.63) is 60.8 Å². The maximum atomic E-state index is 12.5. The van der Waals surface area contributed by atoms with Crippen LogP contribution in [-0.4, -0.2) is 57.3 Å². The molecule has 0 aliphatic carbocycles. The van der Waals surface area contributed by atoms with Crippen molar-refractivity contribution in [2.24, 2.45) is 0 Å². The van der Waals surface area contributed by atoms with E-state index < -0.39 is 36.9 Å². The standard InChI is InChI=1S/C51H93NO5/c1-3-5-7-9-11-13-15-17-19-21-22-23-24-25-26-27-28-29-31-32-34-36-38-40-42-44-48(54)50(56)47(46-53)52-51(57)49(55)45-43-41-39-37-35-33-30-20-18-16-14-12-10-8-6-4-2/h12,14,18,20,25-26,29,31,36,38,47-50,53-56H,3-11,13,15-17,19,21-24,27-28,30,32-35,37,39-46H2,1-2H3,(H,52,57)/b14-12-,20-18-,26-25+,31-29+,38-36+. The molecule has 332 valence electrons. The Morgan fingerprint density at radius 2 is 0.789 bits per heavy atom. The summed E-state index contributed by atoms with van der Waals surface area (Å²) in [6.45, 7) is 4.01. The minimum absolute atomic E-state index is 0.344. The molecular formula is C51H93NO5. The lowest BCUT2D eigenvalue weighted by atomic mass is 10.00. The van der Waals surface area contributed by atoms with Crippen LogP contribution in [0.3, 0.4) is 0 Å². The fourth-order valence-electron chi connectivity index (χ4n) is 7.05. The lowest BCUT2D eigenvalue weighted by Gasteiger charge is -2.27. The zero-order valence-electron chi connectivity index (χ0n) is 37.3. The molecule has 0 heterocycles. The fraction of sp³-hybridized carbons (Fsp3) is 0.784. The van der Waals surface area contributed by atoms with Gasteiger partial charge in [-0.3, -0.25) is 4.79 Å². The third-order valence-electron chi connectivity index (χ3n) is 10.9. The van der Waals surface area contributed by atoms with Crippen LogP contribution in [0.2, 0.25) is 0 Å².